The molecule has 0 spiro atoms. The van der Waals surface area contributed by atoms with E-state index >= 15 is 0 Å². The van der Waals surface area contributed by atoms with Crippen LogP contribution in [0.2, 0.25) is 0 Å². The van der Waals surface area contributed by atoms with Gasteiger partial charge in [0.05, 0.1) is 16.7 Å². The van der Waals surface area contributed by atoms with Crippen LogP contribution >= 0.6 is 0 Å². The van der Waals surface area contributed by atoms with Crippen molar-refractivity contribution in [1.29, 1.82) is 0 Å². The Morgan fingerprint density at radius 1 is 1.08 bits per heavy atom. The number of nitrogens with zero attached hydrogens (tertiary/aromatic N) is 1. The van der Waals surface area contributed by atoms with Crippen LogP contribution in [0.3, 0.4) is 0 Å². The Balaban J connectivity index is 2.10. The first-order chi connectivity index (χ1) is 12.2. The van der Waals surface area contributed by atoms with Crippen LogP contribution < -0.4 is 0 Å². The monoisotopic (exact) mass is 361 g/mol. The molecule has 0 aromatic heterocycles. The summed E-state index contributed by atoms with van der Waals surface area (Å²) in [5.74, 6) is -1.74. The number of hydrogen-bond donors (Lipinski definition) is 0. The second kappa shape index (κ2) is 7.78. The Morgan fingerprint density at radius 2 is 1.73 bits per heavy atom. The second-order valence-electron chi connectivity index (χ2n) is 7.12. The van der Waals surface area contributed by atoms with Gasteiger partial charge < -0.3 is 9.47 Å². The molecule has 1 aromatic carbocycles. The van der Waals surface area contributed by atoms with Gasteiger partial charge in [-0.25, -0.2) is 4.79 Å². The summed E-state index contributed by atoms with van der Waals surface area (Å²) in [6.07, 6.45) is 0.534. The van der Waals surface area contributed by atoms with Crippen molar-refractivity contribution < 1.29 is 28.7 Å². The third-order valence-electron chi connectivity index (χ3n) is 4.11. The summed E-state index contributed by atoms with van der Waals surface area (Å²) in [5, 5.41) is 0. The molecule has 0 unspecified atom stereocenters. The third-order valence-corrected chi connectivity index (χ3v) is 4.11. The standard InChI is InChI=1S/C19H23NO6/c1-19(2,3)15(21)11-26-18(24)12-6-7-13-14(10-12)17(23)20(16(13)22)8-5-9-25-4/h6-7,10H,5,8-9,11H2,1-4H3. The van der Waals surface area contributed by atoms with Gasteiger partial charge in [-0.1, -0.05) is 20.8 Å². The number of esters is 1. The smallest absolute Gasteiger partial charge is 0.338 e. The summed E-state index contributed by atoms with van der Waals surface area (Å²) in [6, 6.07) is 4.20. The number of fused-ring (bicyclic) bond motifs is 1. The summed E-state index contributed by atoms with van der Waals surface area (Å²) in [7, 11) is 1.55. The number of carbonyl (C=O) groups is 4. The average molecular weight is 361 g/mol. The summed E-state index contributed by atoms with van der Waals surface area (Å²) in [5.41, 5.74) is -0.0485. The minimum absolute atomic E-state index is 0.130. The lowest BCUT2D eigenvalue weighted by atomic mass is 9.91. The van der Waals surface area contributed by atoms with Crippen molar-refractivity contribution in [3.63, 3.8) is 0 Å². The van der Waals surface area contributed by atoms with E-state index in [1.807, 2.05) is 0 Å². The molecule has 2 amide bonds. The molecule has 0 atom stereocenters. The molecule has 0 N–H and O–H groups in total. The van der Waals surface area contributed by atoms with Crippen molar-refractivity contribution in [3.8, 4) is 0 Å². The Labute approximate surface area is 152 Å². The normalized spacial score (nSPS) is 13.8. The highest BCUT2D eigenvalue weighted by atomic mass is 16.5. The van der Waals surface area contributed by atoms with Gasteiger partial charge in [-0.2, -0.15) is 0 Å². The number of ether oxygens (including phenoxy) is 2. The van der Waals surface area contributed by atoms with Crippen LogP contribution in [0, 0.1) is 5.41 Å². The molecule has 1 aliphatic heterocycles. The minimum atomic E-state index is -0.705. The van der Waals surface area contributed by atoms with Crippen LogP contribution in [0.25, 0.3) is 0 Å². The molecule has 7 nitrogen and oxygen atoms in total. The topological polar surface area (TPSA) is 90.0 Å². The number of methoxy groups -OCH3 is 1. The van der Waals surface area contributed by atoms with E-state index in [2.05, 4.69) is 0 Å². The predicted molar refractivity (Wildman–Crippen MR) is 93.0 cm³/mol. The maximum Gasteiger partial charge on any atom is 0.338 e. The Morgan fingerprint density at radius 3 is 2.35 bits per heavy atom. The van der Waals surface area contributed by atoms with Gasteiger partial charge in [-0.3, -0.25) is 19.3 Å². The molecular weight excluding hydrogens is 338 g/mol. The molecule has 0 saturated heterocycles. The van der Waals surface area contributed by atoms with Gasteiger partial charge in [0.2, 0.25) is 0 Å². The number of amides is 2. The summed E-state index contributed by atoms with van der Waals surface area (Å²) < 4.78 is 9.96. The van der Waals surface area contributed by atoms with Crippen molar-refractivity contribution in [2.24, 2.45) is 5.41 Å². The number of carbonyl (C=O) groups excluding carboxylic acids is 4. The van der Waals surface area contributed by atoms with Crippen molar-refractivity contribution >= 4 is 23.6 Å². The largest absolute Gasteiger partial charge is 0.454 e. The Kier molecular flexibility index (Phi) is 5.92. The fourth-order valence-corrected chi connectivity index (χ4v) is 2.42. The van der Waals surface area contributed by atoms with E-state index in [4.69, 9.17) is 9.47 Å². The lowest BCUT2D eigenvalue weighted by molar-refractivity contribution is -0.129. The lowest BCUT2D eigenvalue weighted by Gasteiger charge is -2.16. The molecule has 1 aliphatic rings. The number of rotatable bonds is 7. The zero-order valence-electron chi connectivity index (χ0n) is 15.5. The van der Waals surface area contributed by atoms with E-state index in [1.54, 1.807) is 27.9 Å². The maximum absolute atomic E-state index is 12.4. The average Bonchev–Trinajstić information content (AvgIpc) is 2.83. The quantitative estimate of drug-likeness (QED) is 0.420. The van der Waals surface area contributed by atoms with Gasteiger partial charge >= 0.3 is 5.97 Å². The third kappa shape index (κ3) is 4.16. The van der Waals surface area contributed by atoms with Crippen molar-refractivity contribution in [3.05, 3.63) is 34.9 Å². The van der Waals surface area contributed by atoms with Crippen LogP contribution in [0.4, 0.5) is 0 Å². The molecule has 0 bridgehead atoms. The van der Waals surface area contributed by atoms with E-state index in [0.717, 1.165) is 4.90 Å². The van der Waals surface area contributed by atoms with Crippen LogP contribution in [0.1, 0.15) is 58.3 Å². The SMILES string of the molecule is COCCCN1C(=O)c2ccc(C(=O)OCC(=O)C(C)(C)C)cc2C1=O. The minimum Gasteiger partial charge on any atom is -0.454 e. The van der Waals surface area contributed by atoms with E-state index in [0.29, 0.717) is 13.0 Å². The Hall–Kier alpha value is -2.54. The van der Waals surface area contributed by atoms with Crippen molar-refractivity contribution in [2.75, 3.05) is 26.9 Å². The van der Waals surface area contributed by atoms with Gasteiger partial charge in [-0.15, -0.1) is 0 Å². The fourth-order valence-electron chi connectivity index (χ4n) is 2.42. The molecule has 1 aromatic rings. The van der Waals surface area contributed by atoms with Gasteiger partial charge in [0.15, 0.2) is 12.4 Å². The van der Waals surface area contributed by atoms with Gasteiger partial charge in [0.25, 0.3) is 11.8 Å². The van der Waals surface area contributed by atoms with Gasteiger partial charge in [0.1, 0.15) is 0 Å². The molecule has 2 rings (SSSR count). The molecule has 1 heterocycles. The molecule has 0 radical (unpaired) electrons. The first kappa shape index (κ1) is 19.8. The summed E-state index contributed by atoms with van der Waals surface area (Å²) in [6.45, 7) is 5.56. The highest BCUT2D eigenvalue weighted by molar-refractivity contribution is 6.22. The van der Waals surface area contributed by atoms with Crippen molar-refractivity contribution in [2.45, 2.75) is 27.2 Å². The van der Waals surface area contributed by atoms with Crippen LogP contribution in [-0.4, -0.2) is 55.3 Å². The number of imide groups is 1. The predicted octanol–water partition coefficient (Wildman–Crippen LogP) is 2.09. The van der Waals surface area contributed by atoms with E-state index in [-0.39, 0.29) is 41.5 Å². The molecule has 0 saturated carbocycles. The first-order valence-corrected chi connectivity index (χ1v) is 8.36. The molecule has 0 fully saturated rings. The molecule has 26 heavy (non-hydrogen) atoms. The van der Waals surface area contributed by atoms with Crippen molar-refractivity contribution in [1.82, 2.24) is 4.90 Å². The number of hydrogen-bond acceptors (Lipinski definition) is 6. The highest BCUT2D eigenvalue weighted by Gasteiger charge is 2.35. The lowest BCUT2D eigenvalue weighted by Crippen LogP contribution is -2.31. The molecular formula is C19H23NO6. The van der Waals surface area contributed by atoms with E-state index in [9.17, 15) is 19.2 Å². The zero-order valence-corrected chi connectivity index (χ0v) is 15.5. The van der Waals surface area contributed by atoms with Crippen LogP contribution in [-0.2, 0) is 14.3 Å². The summed E-state index contributed by atoms with van der Waals surface area (Å²) in [4.78, 5) is 49.9. The van der Waals surface area contributed by atoms with Gasteiger partial charge in [-0.05, 0) is 24.6 Å². The molecule has 0 aliphatic carbocycles. The highest BCUT2D eigenvalue weighted by Crippen LogP contribution is 2.24. The molecule has 140 valence electrons. The number of ketones is 1. The summed E-state index contributed by atoms with van der Waals surface area (Å²) >= 11 is 0. The molecule has 7 heteroatoms. The maximum atomic E-state index is 12.4. The first-order valence-electron chi connectivity index (χ1n) is 8.36. The van der Waals surface area contributed by atoms with Gasteiger partial charge in [0, 0.05) is 25.7 Å². The number of Topliss-reactive ketones (excluding diaryl/α,β-unsaturated/α-hetero) is 1. The van der Waals surface area contributed by atoms with E-state index in [1.165, 1.54) is 18.2 Å². The zero-order chi connectivity index (χ0) is 19.5. The Bertz CT molecular complexity index is 747. The number of benzene rings is 1. The second-order valence-corrected chi connectivity index (χ2v) is 7.12. The van der Waals surface area contributed by atoms with Crippen LogP contribution in [0.15, 0.2) is 18.2 Å². The van der Waals surface area contributed by atoms with E-state index < -0.39 is 17.3 Å². The fraction of sp³-hybridized carbons (Fsp3) is 0.474. The van der Waals surface area contributed by atoms with Crippen LogP contribution in [0.5, 0.6) is 0 Å².